The highest BCUT2D eigenvalue weighted by Crippen LogP contribution is 2.11. The van der Waals surface area contributed by atoms with Crippen molar-refractivity contribution in [3.8, 4) is 0 Å². The number of halogens is 2. The van der Waals surface area contributed by atoms with Crippen LogP contribution in [0, 0.1) is 5.41 Å². The quantitative estimate of drug-likeness (QED) is 0.663. The Bertz CT molecular complexity index is 234. The topological polar surface area (TPSA) is 58.2 Å². The van der Waals surface area contributed by atoms with Gasteiger partial charge in [0, 0.05) is 37.7 Å². The van der Waals surface area contributed by atoms with E-state index in [1.807, 2.05) is 13.8 Å². The number of nitrogens with one attached hydrogen (secondary N) is 2. The first kappa shape index (κ1) is 16.5. The van der Waals surface area contributed by atoms with Crippen molar-refractivity contribution >= 4 is 35.0 Å². The summed E-state index contributed by atoms with van der Waals surface area (Å²) < 4.78 is 0. The zero-order valence-corrected chi connectivity index (χ0v) is 11.8. The van der Waals surface area contributed by atoms with Gasteiger partial charge in [0.15, 0.2) is 0 Å². The summed E-state index contributed by atoms with van der Waals surface area (Å²) in [6, 6.07) is 0. The number of carbonyl (C=O) groups is 2. The van der Waals surface area contributed by atoms with Gasteiger partial charge in [-0.25, -0.2) is 0 Å². The molecular formula is C11H20Cl2N2O2. The molecule has 0 bridgehead atoms. The van der Waals surface area contributed by atoms with Crippen molar-refractivity contribution in [3.63, 3.8) is 0 Å². The van der Waals surface area contributed by atoms with Crippen LogP contribution in [0.15, 0.2) is 0 Å². The molecule has 2 N–H and O–H groups in total. The molecule has 0 radical (unpaired) electrons. The third kappa shape index (κ3) is 9.24. The summed E-state index contributed by atoms with van der Waals surface area (Å²) in [5.74, 6) is 0.498. The molecule has 0 unspecified atom stereocenters. The second-order valence-corrected chi connectivity index (χ2v) is 5.35. The lowest BCUT2D eigenvalue weighted by Crippen LogP contribution is -2.42. The number of amides is 2. The summed E-state index contributed by atoms with van der Waals surface area (Å²) in [7, 11) is 0. The van der Waals surface area contributed by atoms with Crippen molar-refractivity contribution in [2.45, 2.75) is 26.7 Å². The average Bonchev–Trinajstić information content (AvgIpc) is 2.25. The Hall–Kier alpha value is -0.480. The summed E-state index contributed by atoms with van der Waals surface area (Å²) in [5.41, 5.74) is -0.191. The van der Waals surface area contributed by atoms with Crippen LogP contribution < -0.4 is 10.6 Å². The van der Waals surface area contributed by atoms with Crippen molar-refractivity contribution in [1.29, 1.82) is 0 Å². The summed E-state index contributed by atoms with van der Waals surface area (Å²) in [6.45, 7) is 4.94. The minimum Gasteiger partial charge on any atom is -0.355 e. The molecule has 0 aromatic heterocycles. The van der Waals surface area contributed by atoms with Crippen LogP contribution in [0.2, 0.25) is 0 Å². The van der Waals surface area contributed by atoms with E-state index in [0.717, 1.165) is 0 Å². The van der Waals surface area contributed by atoms with Crippen molar-refractivity contribution in [2.75, 3.05) is 24.8 Å². The smallest absolute Gasteiger partial charge is 0.221 e. The molecule has 0 atom stereocenters. The highest BCUT2D eigenvalue weighted by Gasteiger charge is 2.19. The fourth-order valence-electron chi connectivity index (χ4n) is 1.09. The van der Waals surface area contributed by atoms with Gasteiger partial charge in [0.05, 0.1) is 0 Å². The first-order valence-electron chi connectivity index (χ1n) is 5.56. The SMILES string of the molecule is CC(C)(CNC(=O)CCCl)CNC(=O)CCCl. The second-order valence-electron chi connectivity index (χ2n) is 4.60. The Morgan fingerprint density at radius 1 is 0.941 bits per heavy atom. The van der Waals surface area contributed by atoms with E-state index in [9.17, 15) is 9.59 Å². The van der Waals surface area contributed by atoms with E-state index in [0.29, 0.717) is 37.7 Å². The Kier molecular flexibility index (Phi) is 8.35. The summed E-state index contributed by atoms with van der Waals surface area (Å²) in [6.07, 6.45) is 0.631. The van der Waals surface area contributed by atoms with Crippen molar-refractivity contribution < 1.29 is 9.59 Å². The Morgan fingerprint density at radius 3 is 1.59 bits per heavy atom. The molecule has 0 saturated carbocycles. The Labute approximate surface area is 112 Å². The van der Waals surface area contributed by atoms with E-state index >= 15 is 0 Å². The normalized spacial score (nSPS) is 11.1. The lowest BCUT2D eigenvalue weighted by atomic mass is 9.93. The van der Waals surface area contributed by atoms with E-state index < -0.39 is 0 Å². The molecule has 4 nitrogen and oxygen atoms in total. The molecule has 0 heterocycles. The summed E-state index contributed by atoms with van der Waals surface area (Å²) in [5, 5.41) is 5.56. The van der Waals surface area contributed by atoms with Crippen LogP contribution in [0.25, 0.3) is 0 Å². The fourth-order valence-corrected chi connectivity index (χ4v) is 1.43. The van der Waals surface area contributed by atoms with Crippen molar-refractivity contribution in [1.82, 2.24) is 10.6 Å². The fraction of sp³-hybridized carbons (Fsp3) is 0.818. The molecule has 0 fully saturated rings. The predicted octanol–water partition coefficient (Wildman–Crippen LogP) is 1.50. The second kappa shape index (κ2) is 8.59. The van der Waals surface area contributed by atoms with Gasteiger partial charge in [0.25, 0.3) is 0 Å². The van der Waals surface area contributed by atoms with Crippen LogP contribution in [0.4, 0.5) is 0 Å². The average molecular weight is 283 g/mol. The van der Waals surface area contributed by atoms with Crippen LogP contribution in [-0.2, 0) is 9.59 Å². The van der Waals surface area contributed by atoms with E-state index in [1.165, 1.54) is 0 Å². The van der Waals surface area contributed by atoms with Gasteiger partial charge in [-0.15, -0.1) is 23.2 Å². The van der Waals surface area contributed by atoms with Crippen molar-refractivity contribution in [3.05, 3.63) is 0 Å². The van der Waals surface area contributed by atoms with Crippen LogP contribution in [-0.4, -0.2) is 36.7 Å². The standard InChI is InChI=1S/C11H20Cl2N2O2/c1-11(2,7-14-9(16)3-5-12)8-15-10(17)4-6-13/h3-8H2,1-2H3,(H,14,16)(H,15,17). The Balaban J connectivity index is 3.86. The highest BCUT2D eigenvalue weighted by atomic mass is 35.5. The predicted molar refractivity (Wildman–Crippen MR) is 70.5 cm³/mol. The van der Waals surface area contributed by atoms with Crippen LogP contribution in [0.5, 0.6) is 0 Å². The molecule has 17 heavy (non-hydrogen) atoms. The zero-order chi connectivity index (χ0) is 13.3. The molecule has 0 saturated heterocycles. The number of hydrogen-bond acceptors (Lipinski definition) is 2. The largest absolute Gasteiger partial charge is 0.355 e. The molecule has 0 aliphatic rings. The molecule has 0 aliphatic carbocycles. The van der Waals surface area contributed by atoms with Gasteiger partial charge < -0.3 is 10.6 Å². The maximum Gasteiger partial charge on any atom is 0.221 e. The molecule has 0 spiro atoms. The number of alkyl halides is 2. The number of rotatable bonds is 8. The van der Waals surface area contributed by atoms with E-state index in [2.05, 4.69) is 10.6 Å². The van der Waals surface area contributed by atoms with Gasteiger partial charge in [0.1, 0.15) is 0 Å². The van der Waals surface area contributed by atoms with E-state index in [-0.39, 0.29) is 17.2 Å². The molecule has 6 heteroatoms. The van der Waals surface area contributed by atoms with E-state index in [1.54, 1.807) is 0 Å². The zero-order valence-electron chi connectivity index (χ0n) is 10.3. The molecule has 0 aromatic carbocycles. The first-order valence-corrected chi connectivity index (χ1v) is 6.63. The van der Waals surface area contributed by atoms with Crippen LogP contribution in [0.1, 0.15) is 26.7 Å². The van der Waals surface area contributed by atoms with Gasteiger partial charge in [-0.2, -0.15) is 0 Å². The summed E-state index contributed by atoms with van der Waals surface area (Å²) in [4.78, 5) is 22.5. The van der Waals surface area contributed by atoms with Gasteiger partial charge >= 0.3 is 0 Å². The maximum absolute atomic E-state index is 11.2. The monoisotopic (exact) mass is 282 g/mol. The van der Waals surface area contributed by atoms with E-state index in [4.69, 9.17) is 23.2 Å². The molecule has 0 rings (SSSR count). The first-order chi connectivity index (χ1) is 7.91. The third-order valence-electron chi connectivity index (χ3n) is 2.17. The highest BCUT2D eigenvalue weighted by molar-refractivity contribution is 6.19. The van der Waals surface area contributed by atoms with Crippen molar-refractivity contribution in [2.24, 2.45) is 5.41 Å². The lowest BCUT2D eigenvalue weighted by Gasteiger charge is -2.25. The Morgan fingerprint density at radius 2 is 1.29 bits per heavy atom. The minimum atomic E-state index is -0.191. The van der Waals surface area contributed by atoms with Crippen LogP contribution in [0.3, 0.4) is 0 Å². The van der Waals surface area contributed by atoms with Gasteiger partial charge in [-0.1, -0.05) is 13.8 Å². The summed E-state index contributed by atoms with van der Waals surface area (Å²) >= 11 is 10.9. The molecular weight excluding hydrogens is 263 g/mol. The number of carbonyl (C=O) groups excluding carboxylic acids is 2. The molecule has 100 valence electrons. The molecule has 0 aliphatic heterocycles. The lowest BCUT2D eigenvalue weighted by molar-refractivity contribution is -0.121. The number of hydrogen-bond donors (Lipinski definition) is 2. The van der Waals surface area contributed by atoms with Gasteiger partial charge in [-0.05, 0) is 5.41 Å². The third-order valence-corrected chi connectivity index (χ3v) is 2.55. The van der Waals surface area contributed by atoms with Crippen LogP contribution >= 0.6 is 23.2 Å². The maximum atomic E-state index is 11.2. The molecule has 2 amide bonds. The van der Waals surface area contributed by atoms with Gasteiger partial charge in [-0.3, -0.25) is 9.59 Å². The van der Waals surface area contributed by atoms with Gasteiger partial charge in [0.2, 0.25) is 11.8 Å². The molecule has 0 aromatic rings. The minimum absolute atomic E-state index is 0.0693.